The van der Waals surface area contributed by atoms with Crippen molar-refractivity contribution in [1.29, 1.82) is 0 Å². The zero-order valence-corrected chi connectivity index (χ0v) is 18.7. The number of hydrogen-bond acceptors (Lipinski definition) is 3. The van der Waals surface area contributed by atoms with Crippen LogP contribution in [0.1, 0.15) is 13.8 Å². The number of fused-ring (bicyclic) bond motifs is 2. The van der Waals surface area contributed by atoms with Crippen LogP contribution in [0.4, 0.5) is 11.4 Å². The number of para-hydroxylation sites is 2. The van der Waals surface area contributed by atoms with Gasteiger partial charge in [0, 0.05) is 22.4 Å². The first-order chi connectivity index (χ1) is 15.6. The molecular weight excluding hydrogens is 416 g/mol. The predicted molar refractivity (Wildman–Crippen MR) is 133 cm³/mol. The quantitative estimate of drug-likeness (QED) is 0.312. The maximum atomic E-state index is 6.31. The van der Waals surface area contributed by atoms with Crippen molar-refractivity contribution < 1.29 is 0 Å². The Bertz CT molecular complexity index is 1420. The van der Waals surface area contributed by atoms with Gasteiger partial charge in [0.05, 0.1) is 33.5 Å². The van der Waals surface area contributed by atoms with Gasteiger partial charge in [-0.05, 0) is 68.4 Å². The minimum atomic E-state index is 0.154. The molecule has 0 radical (unpaired) electrons. The Balaban J connectivity index is 1.85. The molecule has 32 heavy (non-hydrogen) atoms. The number of benzene rings is 4. The molecule has 3 aromatic rings. The van der Waals surface area contributed by atoms with Gasteiger partial charge < -0.3 is 9.88 Å². The van der Waals surface area contributed by atoms with E-state index in [0.717, 1.165) is 44.8 Å². The Hall–Kier alpha value is -3.63. The minimum absolute atomic E-state index is 0.154. The van der Waals surface area contributed by atoms with Crippen LogP contribution < -0.4 is 10.7 Å². The van der Waals surface area contributed by atoms with Gasteiger partial charge in [0.25, 0.3) is 0 Å². The van der Waals surface area contributed by atoms with Gasteiger partial charge in [0.2, 0.25) is 0 Å². The van der Waals surface area contributed by atoms with Crippen LogP contribution >= 0.6 is 11.6 Å². The first-order valence-electron chi connectivity index (χ1n) is 10.7. The first-order valence-corrected chi connectivity index (χ1v) is 11.0. The number of rotatable bonds is 4. The molecule has 0 saturated carbocycles. The first kappa shape index (κ1) is 20.3. The molecule has 0 fully saturated rings. The molecule has 0 unspecified atom stereocenters. The fourth-order valence-electron chi connectivity index (χ4n) is 3.89. The Labute approximate surface area is 192 Å². The second-order valence-electron chi connectivity index (χ2n) is 7.99. The van der Waals surface area contributed by atoms with Gasteiger partial charge in [-0.1, -0.05) is 48.0 Å². The summed E-state index contributed by atoms with van der Waals surface area (Å²) < 4.78 is 2.22. The monoisotopic (exact) mass is 438 g/mol. The standard InChI is InChI=1S/C27H23ClN4/c1-18(2)29-23-17-27-25(16-22(23)30-20-9-5-3-6-10-20)31-24-15-19(28)13-14-26(24)32(27)21-11-7-4-8-12-21/h3-18,30H,1-2H3. The molecule has 4 nitrogen and oxygen atoms in total. The van der Waals surface area contributed by atoms with Crippen LogP contribution in [0.25, 0.3) is 28.1 Å². The lowest BCUT2D eigenvalue weighted by Crippen LogP contribution is -2.16. The maximum absolute atomic E-state index is 6.31. The lowest BCUT2D eigenvalue weighted by molar-refractivity contribution is 0.806. The molecule has 1 aliphatic heterocycles. The van der Waals surface area contributed by atoms with Crippen LogP contribution in [0.15, 0.2) is 96.0 Å². The summed E-state index contributed by atoms with van der Waals surface area (Å²) >= 11 is 6.31. The molecule has 1 N–H and O–H groups in total. The summed E-state index contributed by atoms with van der Waals surface area (Å²) in [5.41, 5.74) is 6.68. The zero-order valence-electron chi connectivity index (χ0n) is 18.0. The maximum Gasteiger partial charge on any atom is 0.0900 e. The van der Waals surface area contributed by atoms with Crippen LogP contribution in [0.3, 0.4) is 0 Å². The van der Waals surface area contributed by atoms with Crippen LogP contribution in [0.5, 0.6) is 0 Å². The number of nitrogens with one attached hydrogen (secondary N) is 1. The van der Waals surface area contributed by atoms with Crippen LogP contribution in [-0.4, -0.2) is 15.6 Å². The molecule has 5 heteroatoms. The number of hydrogen-bond donors (Lipinski definition) is 1. The van der Waals surface area contributed by atoms with Gasteiger partial charge >= 0.3 is 0 Å². The van der Waals surface area contributed by atoms with E-state index in [0.29, 0.717) is 5.02 Å². The minimum Gasteiger partial charge on any atom is -0.354 e. The molecule has 0 atom stereocenters. The van der Waals surface area contributed by atoms with Crippen molar-refractivity contribution in [2.24, 2.45) is 4.99 Å². The number of aromatic nitrogens is 2. The van der Waals surface area contributed by atoms with Gasteiger partial charge in [0.1, 0.15) is 0 Å². The summed E-state index contributed by atoms with van der Waals surface area (Å²) in [4.78, 5) is 9.87. The smallest absolute Gasteiger partial charge is 0.0900 e. The summed E-state index contributed by atoms with van der Waals surface area (Å²) in [7, 11) is 0. The second kappa shape index (κ2) is 8.48. The lowest BCUT2D eigenvalue weighted by atomic mass is 10.1. The van der Waals surface area contributed by atoms with E-state index in [4.69, 9.17) is 21.6 Å². The second-order valence-corrected chi connectivity index (χ2v) is 8.42. The highest BCUT2D eigenvalue weighted by Crippen LogP contribution is 2.31. The van der Waals surface area contributed by atoms with Crippen LogP contribution in [0, 0.1) is 0 Å². The number of anilines is 2. The summed E-state index contributed by atoms with van der Waals surface area (Å²) in [6.07, 6.45) is 0. The van der Waals surface area contributed by atoms with E-state index in [2.05, 4.69) is 48.0 Å². The third-order valence-corrected chi connectivity index (χ3v) is 5.45. The Kier molecular flexibility index (Phi) is 5.38. The van der Waals surface area contributed by atoms with Crippen LogP contribution in [-0.2, 0) is 0 Å². The predicted octanol–water partition coefficient (Wildman–Crippen LogP) is 6.84. The van der Waals surface area contributed by atoms with E-state index in [9.17, 15) is 0 Å². The molecule has 1 aliphatic carbocycles. The van der Waals surface area contributed by atoms with Crippen LogP contribution in [0.2, 0.25) is 5.02 Å². The average molecular weight is 439 g/mol. The van der Waals surface area contributed by atoms with E-state index < -0.39 is 0 Å². The molecule has 0 spiro atoms. The number of halogens is 1. The molecule has 0 saturated heterocycles. The fraction of sp³-hybridized carbons (Fsp3) is 0.111. The van der Waals surface area contributed by atoms with Crippen molar-refractivity contribution >= 4 is 34.0 Å². The lowest BCUT2D eigenvalue weighted by Gasteiger charge is -2.20. The highest BCUT2D eigenvalue weighted by Gasteiger charge is 2.17. The molecule has 158 valence electrons. The third kappa shape index (κ3) is 3.97. The Morgan fingerprint density at radius 3 is 2.31 bits per heavy atom. The van der Waals surface area contributed by atoms with Gasteiger partial charge in [-0.25, -0.2) is 4.98 Å². The fourth-order valence-corrected chi connectivity index (χ4v) is 4.05. The topological polar surface area (TPSA) is 42.2 Å². The van der Waals surface area contributed by atoms with Gasteiger partial charge in [-0.3, -0.25) is 4.99 Å². The number of nitrogens with zero attached hydrogens (tertiary/aromatic N) is 3. The summed E-state index contributed by atoms with van der Waals surface area (Å²) in [6, 6.07) is 30.6. The Morgan fingerprint density at radius 2 is 1.59 bits per heavy atom. The molecule has 2 aliphatic rings. The van der Waals surface area contributed by atoms with Crippen molar-refractivity contribution in [1.82, 2.24) is 9.55 Å². The molecule has 0 aromatic heterocycles. The molecule has 3 aromatic carbocycles. The molecule has 0 bridgehead atoms. The molecular formula is C27H23ClN4. The van der Waals surface area contributed by atoms with E-state index >= 15 is 0 Å². The molecule has 5 rings (SSSR count). The third-order valence-electron chi connectivity index (χ3n) is 5.22. The molecule has 0 amide bonds. The largest absolute Gasteiger partial charge is 0.354 e. The summed E-state index contributed by atoms with van der Waals surface area (Å²) in [5, 5.41) is 5.08. The zero-order chi connectivity index (χ0) is 22.1. The Morgan fingerprint density at radius 1 is 0.875 bits per heavy atom. The van der Waals surface area contributed by atoms with E-state index in [1.807, 2.05) is 66.7 Å². The SMILES string of the molecule is CC(C)N=c1cc2n(-c3ccccc3)c3ccc(Cl)cc3nc-2cc1Nc1ccccc1. The van der Waals surface area contributed by atoms with Crippen molar-refractivity contribution in [2.75, 3.05) is 5.32 Å². The van der Waals surface area contributed by atoms with Crippen molar-refractivity contribution in [3.05, 3.63) is 101 Å². The highest BCUT2D eigenvalue weighted by atomic mass is 35.5. The van der Waals surface area contributed by atoms with Gasteiger partial charge in [-0.2, -0.15) is 0 Å². The van der Waals surface area contributed by atoms with E-state index in [-0.39, 0.29) is 6.04 Å². The van der Waals surface area contributed by atoms with Crippen molar-refractivity contribution in [3.8, 4) is 17.1 Å². The van der Waals surface area contributed by atoms with E-state index in [1.54, 1.807) is 0 Å². The normalized spacial score (nSPS) is 12.1. The van der Waals surface area contributed by atoms with Crippen molar-refractivity contribution in [3.63, 3.8) is 0 Å². The molecule has 1 heterocycles. The highest BCUT2D eigenvalue weighted by molar-refractivity contribution is 6.31. The van der Waals surface area contributed by atoms with E-state index in [1.165, 1.54) is 0 Å². The van der Waals surface area contributed by atoms with Crippen molar-refractivity contribution in [2.45, 2.75) is 19.9 Å². The summed E-state index contributed by atoms with van der Waals surface area (Å²) in [6.45, 7) is 4.17. The van der Waals surface area contributed by atoms with Gasteiger partial charge in [0.15, 0.2) is 0 Å². The summed E-state index contributed by atoms with van der Waals surface area (Å²) in [5.74, 6) is 0. The average Bonchev–Trinajstić information content (AvgIpc) is 2.79. The van der Waals surface area contributed by atoms with Gasteiger partial charge in [-0.15, -0.1) is 0 Å².